The van der Waals surface area contributed by atoms with Crippen LogP contribution in [0.2, 0.25) is 0 Å². The highest BCUT2D eigenvalue weighted by Crippen LogP contribution is 2.33. The Morgan fingerprint density at radius 1 is 1.10 bits per heavy atom. The third-order valence-corrected chi connectivity index (χ3v) is 4.91. The van der Waals surface area contributed by atoms with E-state index in [1.54, 1.807) is 26.0 Å². The Hall–Kier alpha value is -3.39. The van der Waals surface area contributed by atoms with Crippen molar-refractivity contribution in [3.63, 3.8) is 0 Å². The van der Waals surface area contributed by atoms with E-state index in [0.29, 0.717) is 34.2 Å². The molecule has 3 rings (SSSR count). The minimum absolute atomic E-state index is 0.156. The van der Waals surface area contributed by atoms with Crippen LogP contribution in [0.5, 0.6) is 5.75 Å². The summed E-state index contributed by atoms with van der Waals surface area (Å²) in [4.78, 5) is 24.9. The Morgan fingerprint density at radius 3 is 2.55 bits per heavy atom. The van der Waals surface area contributed by atoms with Crippen LogP contribution in [0.4, 0.5) is 0 Å². The van der Waals surface area contributed by atoms with Gasteiger partial charge in [0.25, 0.3) is 5.91 Å². The van der Waals surface area contributed by atoms with Crippen LogP contribution in [0.3, 0.4) is 0 Å². The molecule has 0 saturated carbocycles. The molecule has 0 bridgehead atoms. The molecule has 0 radical (unpaired) electrons. The maximum Gasteiger partial charge on any atom is 0.338 e. The molecular formula is C23H25N3O4S. The Kier molecular flexibility index (Phi) is 7.61. The van der Waals surface area contributed by atoms with Crippen molar-refractivity contribution in [2.24, 2.45) is 0 Å². The molecular weight excluding hydrogens is 414 g/mol. The van der Waals surface area contributed by atoms with Gasteiger partial charge in [-0.15, -0.1) is 0 Å². The average molecular weight is 440 g/mol. The smallest absolute Gasteiger partial charge is 0.338 e. The number of ether oxygens (including phenoxy) is 2. The van der Waals surface area contributed by atoms with E-state index in [4.69, 9.17) is 21.7 Å². The van der Waals surface area contributed by atoms with Crippen molar-refractivity contribution < 1.29 is 19.1 Å². The lowest BCUT2D eigenvalue weighted by Crippen LogP contribution is -2.45. The van der Waals surface area contributed by atoms with Crippen LogP contribution >= 0.6 is 12.2 Å². The molecule has 31 heavy (non-hydrogen) atoms. The lowest BCUT2D eigenvalue weighted by Gasteiger charge is -2.30. The van der Waals surface area contributed by atoms with Crippen LogP contribution in [0.25, 0.3) is 0 Å². The summed E-state index contributed by atoms with van der Waals surface area (Å²) in [5, 5.41) is 9.30. The van der Waals surface area contributed by atoms with E-state index in [9.17, 15) is 9.59 Å². The van der Waals surface area contributed by atoms with Crippen LogP contribution in [0, 0.1) is 0 Å². The number of benzene rings is 2. The molecule has 1 aliphatic heterocycles. The summed E-state index contributed by atoms with van der Waals surface area (Å²) in [5.74, 6) is -0.207. The third-order valence-electron chi connectivity index (χ3n) is 4.69. The highest BCUT2D eigenvalue weighted by atomic mass is 32.1. The summed E-state index contributed by atoms with van der Waals surface area (Å²) >= 11 is 5.28. The fourth-order valence-electron chi connectivity index (χ4n) is 3.25. The third kappa shape index (κ3) is 5.82. The van der Waals surface area contributed by atoms with Crippen LogP contribution in [0.1, 0.15) is 31.0 Å². The van der Waals surface area contributed by atoms with Gasteiger partial charge in [0.2, 0.25) is 0 Å². The maximum atomic E-state index is 12.6. The molecule has 7 nitrogen and oxygen atoms in total. The van der Waals surface area contributed by atoms with Crippen molar-refractivity contribution in [1.29, 1.82) is 0 Å². The van der Waals surface area contributed by atoms with Crippen LogP contribution in [-0.2, 0) is 20.9 Å². The SMILES string of the molecule is CCOC(=O)C1=C(C)NC(=S)N[C@H]1c1ccccc1OCC(=O)NCc1ccccc1. The van der Waals surface area contributed by atoms with E-state index in [0.717, 1.165) is 5.56 Å². The minimum Gasteiger partial charge on any atom is -0.483 e. The van der Waals surface area contributed by atoms with Gasteiger partial charge in [-0.2, -0.15) is 0 Å². The second kappa shape index (κ2) is 10.6. The number of amides is 1. The fraction of sp³-hybridized carbons (Fsp3) is 0.261. The van der Waals surface area contributed by atoms with Gasteiger partial charge in [-0.1, -0.05) is 48.5 Å². The molecule has 0 saturated heterocycles. The van der Waals surface area contributed by atoms with Crippen molar-refractivity contribution in [3.05, 3.63) is 77.0 Å². The van der Waals surface area contributed by atoms with Crippen molar-refractivity contribution in [2.75, 3.05) is 13.2 Å². The zero-order valence-electron chi connectivity index (χ0n) is 17.4. The molecule has 0 aromatic heterocycles. The second-order valence-electron chi connectivity index (χ2n) is 6.88. The zero-order valence-corrected chi connectivity index (χ0v) is 18.3. The molecule has 0 fully saturated rings. The largest absolute Gasteiger partial charge is 0.483 e. The Labute approximate surface area is 186 Å². The second-order valence-corrected chi connectivity index (χ2v) is 7.29. The number of nitrogens with one attached hydrogen (secondary N) is 3. The van der Waals surface area contributed by atoms with E-state index in [1.807, 2.05) is 42.5 Å². The summed E-state index contributed by atoms with van der Waals surface area (Å²) in [6.07, 6.45) is 0. The topological polar surface area (TPSA) is 88.7 Å². The van der Waals surface area contributed by atoms with Gasteiger partial charge in [-0.05, 0) is 37.7 Å². The lowest BCUT2D eigenvalue weighted by atomic mass is 9.95. The molecule has 8 heteroatoms. The highest BCUT2D eigenvalue weighted by Gasteiger charge is 2.32. The molecule has 0 unspecified atom stereocenters. The standard InChI is InChI=1S/C23H25N3O4S/c1-3-29-22(28)20-15(2)25-23(31)26-21(20)17-11-7-8-12-18(17)30-14-19(27)24-13-16-9-5-4-6-10-16/h4-12,21H,3,13-14H2,1-2H3,(H,24,27)(H2,25,26,31)/t21-/m0/s1. The Balaban J connectivity index is 1.74. The van der Waals surface area contributed by atoms with E-state index in [2.05, 4.69) is 16.0 Å². The summed E-state index contributed by atoms with van der Waals surface area (Å²) in [5.41, 5.74) is 2.72. The number of allylic oxidation sites excluding steroid dienone is 1. The fourth-order valence-corrected chi connectivity index (χ4v) is 3.52. The molecule has 0 aliphatic carbocycles. The van der Waals surface area contributed by atoms with Crippen molar-refractivity contribution in [3.8, 4) is 5.75 Å². The number of carbonyl (C=O) groups excluding carboxylic acids is 2. The molecule has 2 aromatic rings. The first-order valence-corrected chi connectivity index (χ1v) is 10.4. The van der Waals surface area contributed by atoms with Gasteiger partial charge in [-0.3, -0.25) is 4.79 Å². The van der Waals surface area contributed by atoms with Crippen molar-refractivity contribution >= 4 is 29.2 Å². The monoisotopic (exact) mass is 439 g/mol. The summed E-state index contributed by atoms with van der Waals surface area (Å²) in [6, 6.07) is 16.3. The first kappa shape index (κ1) is 22.3. The molecule has 0 spiro atoms. The van der Waals surface area contributed by atoms with Crippen LogP contribution in [0.15, 0.2) is 65.9 Å². The molecule has 1 aliphatic rings. The van der Waals surface area contributed by atoms with Crippen molar-refractivity contribution in [2.45, 2.75) is 26.4 Å². The summed E-state index contributed by atoms with van der Waals surface area (Å²) in [6.45, 7) is 4.04. The molecule has 1 heterocycles. The Morgan fingerprint density at radius 2 is 1.81 bits per heavy atom. The van der Waals surface area contributed by atoms with Gasteiger partial charge in [0.15, 0.2) is 11.7 Å². The number of para-hydroxylation sites is 1. The molecule has 2 aromatic carbocycles. The average Bonchev–Trinajstić information content (AvgIpc) is 2.76. The van der Waals surface area contributed by atoms with Gasteiger partial charge >= 0.3 is 5.97 Å². The predicted octanol–water partition coefficient (Wildman–Crippen LogP) is 2.74. The first-order chi connectivity index (χ1) is 15.0. The number of carbonyl (C=O) groups is 2. The van der Waals surface area contributed by atoms with Gasteiger partial charge in [0.05, 0.1) is 18.2 Å². The number of hydrogen-bond acceptors (Lipinski definition) is 5. The minimum atomic E-state index is -0.559. The Bertz CT molecular complexity index is 991. The molecule has 1 atom stereocenters. The summed E-state index contributed by atoms with van der Waals surface area (Å²) in [7, 11) is 0. The van der Waals surface area contributed by atoms with Gasteiger partial charge < -0.3 is 25.4 Å². The van der Waals surface area contributed by atoms with E-state index < -0.39 is 12.0 Å². The molecule has 1 amide bonds. The summed E-state index contributed by atoms with van der Waals surface area (Å²) < 4.78 is 11.0. The molecule has 162 valence electrons. The number of esters is 1. The highest BCUT2D eigenvalue weighted by molar-refractivity contribution is 7.80. The number of rotatable bonds is 8. The zero-order chi connectivity index (χ0) is 22.2. The first-order valence-electron chi connectivity index (χ1n) is 9.97. The van der Waals surface area contributed by atoms with Gasteiger partial charge in [-0.25, -0.2) is 4.79 Å². The van der Waals surface area contributed by atoms with Gasteiger partial charge in [0, 0.05) is 17.8 Å². The van der Waals surface area contributed by atoms with Crippen LogP contribution < -0.4 is 20.7 Å². The van der Waals surface area contributed by atoms with Gasteiger partial charge in [0.1, 0.15) is 5.75 Å². The molecule has 3 N–H and O–H groups in total. The van der Waals surface area contributed by atoms with E-state index in [1.165, 1.54) is 0 Å². The van der Waals surface area contributed by atoms with E-state index in [-0.39, 0.29) is 19.1 Å². The lowest BCUT2D eigenvalue weighted by molar-refractivity contribution is -0.139. The van der Waals surface area contributed by atoms with E-state index >= 15 is 0 Å². The maximum absolute atomic E-state index is 12.6. The normalized spacial score (nSPS) is 15.5. The van der Waals surface area contributed by atoms with Crippen molar-refractivity contribution in [1.82, 2.24) is 16.0 Å². The predicted molar refractivity (Wildman–Crippen MR) is 121 cm³/mol. The van der Waals surface area contributed by atoms with Crippen LogP contribution in [-0.4, -0.2) is 30.2 Å². The number of hydrogen-bond donors (Lipinski definition) is 3. The number of thiocarbonyl (C=S) groups is 1. The quantitative estimate of drug-likeness (QED) is 0.431.